The fourth-order valence-electron chi connectivity index (χ4n) is 3.49. The highest BCUT2D eigenvalue weighted by molar-refractivity contribution is 5.99. The number of ether oxygens (including phenoxy) is 1. The van der Waals surface area contributed by atoms with E-state index in [0.717, 1.165) is 22.9 Å². The Morgan fingerprint density at radius 1 is 1.00 bits per heavy atom. The molecule has 0 aromatic heterocycles. The third-order valence-electron chi connectivity index (χ3n) is 5.16. The monoisotopic (exact) mass is 402 g/mol. The van der Waals surface area contributed by atoms with Crippen LogP contribution in [0.1, 0.15) is 30.1 Å². The maximum absolute atomic E-state index is 12.4. The molecule has 0 saturated carbocycles. The molecule has 1 saturated heterocycles. The fraction of sp³-hybridized carbons (Fsp3) is 0.208. The standard InChI is InChI=1S/C24H22N2O4/c1-16(23(28)25-20-11-8-17-5-2-3-6-19(17)15-20)30-24(29)18-9-12-21(13-10-18)26-14-4-7-22(26)27/h2-3,5-6,8-13,15-16H,4,7,14H2,1H3,(H,25,28)/t16-/m1/s1. The van der Waals surface area contributed by atoms with E-state index in [1.54, 1.807) is 29.2 Å². The molecule has 0 radical (unpaired) electrons. The van der Waals surface area contributed by atoms with Crippen LogP contribution in [0.25, 0.3) is 10.8 Å². The molecule has 3 aromatic carbocycles. The van der Waals surface area contributed by atoms with Gasteiger partial charge >= 0.3 is 5.97 Å². The molecule has 3 aromatic rings. The second-order valence-electron chi connectivity index (χ2n) is 7.29. The van der Waals surface area contributed by atoms with E-state index in [0.29, 0.717) is 24.2 Å². The van der Waals surface area contributed by atoms with Gasteiger partial charge < -0.3 is 15.0 Å². The SMILES string of the molecule is C[C@@H](OC(=O)c1ccc(N2CCCC2=O)cc1)C(=O)Nc1ccc2ccccc2c1. The Kier molecular flexibility index (Phi) is 5.48. The van der Waals surface area contributed by atoms with Crippen LogP contribution >= 0.6 is 0 Å². The van der Waals surface area contributed by atoms with Crippen LogP contribution in [0, 0.1) is 0 Å². The Hall–Kier alpha value is -3.67. The molecule has 4 rings (SSSR count). The fourth-order valence-corrected chi connectivity index (χ4v) is 3.49. The summed E-state index contributed by atoms with van der Waals surface area (Å²) in [5, 5.41) is 4.87. The number of benzene rings is 3. The smallest absolute Gasteiger partial charge is 0.338 e. The number of rotatable bonds is 5. The number of esters is 1. The summed E-state index contributed by atoms with van der Waals surface area (Å²) in [7, 11) is 0. The third kappa shape index (κ3) is 4.17. The summed E-state index contributed by atoms with van der Waals surface area (Å²) < 4.78 is 5.31. The first-order valence-electron chi connectivity index (χ1n) is 9.92. The van der Waals surface area contributed by atoms with Crippen LogP contribution < -0.4 is 10.2 Å². The zero-order valence-electron chi connectivity index (χ0n) is 16.6. The molecule has 0 unspecified atom stereocenters. The minimum absolute atomic E-state index is 0.0873. The average molecular weight is 402 g/mol. The van der Waals surface area contributed by atoms with Crippen molar-refractivity contribution in [3.05, 3.63) is 72.3 Å². The number of nitrogens with one attached hydrogen (secondary N) is 1. The second-order valence-corrected chi connectivity index (χ2v) is 7.29. The highest BCUT2D eigenvalue weighted by Crippen LogP contribution is 2.22. The second kappa shape index (κ2) is 8.37. The molecule has 0 spiro atoms. The lowest BCUT2D eigenvalue weighted by molar-refractivity contribution is -0.123. The number of hydrogen-bond acceptors (Lipinski definition) is 4. The maximum Gasteiger partial charge on any atom is 0.338 e. The van der Waals surface area contributed by atoms with Crippen molar-refractivity contribution in [3.63, 3.8) is 0 Å². The van der Waals surface area contributed by atoms with Gasteiger partial charge in [0.25, 0.3) is 5.91 Å². The number of anilines is 2. The summed E-state index contributed by atoms with van der Waals surface area (Å²) in [5.74, 6) is -0.905. The Bertz CT molecular complexity index is 1110. The number of carbonyl (C=O) groups excluding carboxylic acids is 3. The van der Waals surface area contributed by atoms with Crippen LogP contribution in [0.15, 0.2) is 66.7 Å². The summed E-state index contributed by atoms with van der Waals surface area (Å²) in [5.41, 5.74) is 1.73. The topological polar surface area (TPSA) is 75.7 Å². The molecule has 1 aliphatic heterocycles. The largest absolute Gasteiger partial charge is 0.449 e. The van der Waals surface area contributed by atoms with E-state index in [2.05, 4.69) is 5.32 Å². The molecule has 1 atom stereocenters. The van der Waals surface area contributed by atoms with Gasteiger partial charge in [-0.15, -0.1) is 0 Å². The lowest BCUT2D eigenvalue weighted by Crippen LogP contribution is -2.30. The van der Waals surface area contributed by atoms with Gasteiger partial charge in [0.2, 0.25) is 5.91 Å². The van der Waals surface area contributed by atoms with Crippen LogP contribution in [0.4, 0.5) is 11.4 Å². The van der Waals surface area contributed by atoms with Crippen molar-refractivity contribution < 1.29 is 19.1 Å². The number of carbonyl (C=O) groups is 3. The van der Waals surface area contributed by atoms with Crippen LogP contribution in [0.5, 0.6) is 0 Å². The summed E-state index contributed by atoms with van der Waals surface area (Å²) in [4.78, 5) is 38.4. The highest BCUT2D eigenvalue weighted by atomic mass is 16.5. The van der Waals surface area contributed by atoms with E-state index in [-0.39, 0.29) is 5.91 Å². The van der Waals surface area contributed by atoms with E-state index in [9.17, 15) is 14.4 Å². The first-order valence-corrected chi connectivity index (χ1v) is 9.92. The first-order chi connectivity index (χ1) is 14.5. The predicted octanol–water partition coefficient (Wildman–Crippen LogP) is 4.15. The van der Waals surface area contributed by atoms with Crippen molar-refractivity contribution in [1.82, 2.24) is 0 Å². The van der Waals surface area contributed by atoms with Crippen molar-refractivity contribution in [2.24, 2.45) is 0 Å². The molecule has 1 aliphatic rings. The van der Waals surface area contributed by atoms with Gasteiger partial charge in [0.1, 0.15) is 0 Å². The molecule has 6 heteroatoms. The van der Waals surface area contributed by atoms with Gasteiger partial charge in [-0.1, -0.05) is 30.3 Å². The molecule has 30 heavy (non-hydrogen) atoms. The molecular weight excluding hydrogens is 380 g/mol. The molecular formula is C24H22N2O4. The normalized spacial score (nSPS) is 14.6. The summed E-state index contributed by atoms with van der Waals surface area (Å²) in [6.07, 6.45) is 0.434. The summed E-state index contributed by atoms with van der Waals surface area (Å²) >= 11 is 0. The van der Waals surface area contributed by atoms with Crippen molar-refractivity contribution in [3.8, 4) is 0 Å². The average Bonchev–Trinajstić information content (AvgIpc) is 3.19. The Morgan fingerprint density at radius 3 is 2.43 bits per heavy atom. The first kappa shape index (κ1) is 19.6. The molecule has 1 fully saturated rings. The quantitative estimate of drug-likeness (QED) is 0.651. The van der Waals surface area contributed by atoms with Crippen molar-refractivity contribution in [2.45, 2.75) is 25.9 Å². The minimum Gasteiger partial charge on any atom is -0.449 e. The molecule has 1 N–H and O–H groups in total. The summed E-state index contributed by atoms with van der Waals surface area (Å²) in [6, 6.07) is 20.1. The zero-order chi connectivity index (χ0) is 21.1. The van der Waals surface area contributed by atoms with Gasteiger partial charge in [-0.3, -0.25) is 9.59 Å². The van der Waals surface area contributed by atoms with Crippen LogP contribution in [-0.4, -0.2) is 30.4 Å². The molecule has 0 aliphatic carbocycles. The zero-order valence-corrected chi connectivity index (χ0v) is 16.6. The van der Waals surface area contributed by atoms with Crippen molar-refractivity contribution in [2.75, 3.05) is 16.8 Å². The highest BCUT2D eigenvalue weighted by Gasteiger charge is 2.23. The van der Waals surface area contributed by atoms with Crippen LogP contribution in [0.2, 0.25) is 0 Å². The number of amides is 2. The summed E-state index contributed by atoms with van der Waals surface area (Å²) in [6.45, 7) is 2.22. The number of nitrogens with zero attached hydrogens (tertiary/aromatic N) is 1. The van der Waals surface area contributed by atoms with E-state index in [4.69, 9.17) is 4.74 Å². The molecule has 152 valence electrons. The lowest BCUT2D eigenvalue weighted by Gasteiger charge is -2.16. The molecule has 1 heterocycles. The number of fused-ring (bicyclic) bond motifs is 1. The van der Waals surface area contributed by atoms with E-state index < -0.39 is 18.0 Å². The van der Waals surface area contributed by atoms with Crippen LogP contribution in [-0.2, 0) is 14.3 Å². The van der Waals surface area contributed by atoms with Gasteiger partial charge in [0, 0.05) is 24.3 Å². The Balaban J connectivity index is 1.37. The van der Waals surface area contributed by atoms with Gasteiger partial charge in [0.15, 0.2) is 6.10 Å². The van der Waals surface area contributed by atoms with Crippen molar-refractivity contribution >= 4 is 39.9 Å². The van der Waals surface area contributed by atoms with Crippen LogP contribution in [0.3, 0.4) is 0 Å². The molecule has 6 nitrogen and oxygen atoms in total. The Labute approximate surface area is 174 Å². The molecule has 0 bridgehead atoms. The third-order valence-corrected chi connectivity index (χ3v) is 5.16. The van der Waals surface area contributed by atoms with Gasteiger partial charge in [-0.2, -0.15) is 0 Å². The van der Waals surface area contributed by atoms with Gasteiger partial charge in [-0.25, -0.2) is 4.79 Å². The Morgan fingerprint density at radius 2 is 1.73 bits per heavy atom. The van der Waals surface area contributed by atoms with Gasteiger partial charge in [-0.05, 0) is 60.5 Å². The van der Waals surface area contributed by atoms with Crippen molar-refractivity contribution in [1.29, 1.82) is 0 Å². The van der Waals surface area contributed by atoms with E-state index in [1.807, 2.05) is 42.5 Å². The predicted molar refractivity (Wildman–Crippen MR) is 115 cm³/mol. The van der Waals surface area contributed by atoms with E-state index >= 15 is 0 Å². The lowest BCUT2D eigenvalue weighted by atomic mass is 10.1. The number of hydrogen-bond donors (Lipinski definition) is 1. The molecule has 2 amide bonds. The van der Waals surface area contributed by atoms with Gasteiger partial charge in [0.05, 0.1) is 5.56 Å². The minimum atomic E-state index is -0.955. The maximum atomic E-state index is 12.4. The van der Waals surface area contributed by atoms with E-state index in [1.165, 1.54) is 6.92 Å².